The summed E-state index contributed by atoms with van der Waals surface area (Å²) < 4.78 is 77.4. The highest BCUT2D eigenvalue weighted by atomic mass is 19.4. The Morgan fingerprint density at radius 3 is 2.06 bits per heavy atom. The highest BCUT2D eigenvalue weighted by molar-refractivity contribution is 5.73. The predicted octanol–water partition coefficient (Wildman–Crippen LogP) is 2.00. The van der Waals surface area contributed by atoms with E-state index < -0.39 is 24.3 Å². The minimum Gasteiger partial charge on any atom is -0.475 e. The molecule has 36 heavy (non-hydrogen) atoms. The zero-order valence-electron chi connectivity index (χ0n) is 20.0. The van der Waals surface area contributed by atoms with Crippen LogP contribution in [-0.2, 0) is 32.7 Å². The fourth-order valence-electron chi connectivity index (χ4n) is 3.43. The molecule has 1 unspecified atom stereocenters. The number of nitrogens with zero attached hydrogens (tertiary/aromatic N) is 4. The maximum atomic E-state index is 10.6. The van der Waals surface area contributed by atoms with Gasteiger partial charge < -0.3 is 19.7 Å². The number of ether oxygens (including phenoxy) is 2. The Kier molecular flexibility index (Phi) is 11.6. The summed E-state index contributed by atoms with van der Waals surface area (Å²) in [5.74, 6) is -5.51. The van der Waals surface area contributed by atoms with E-state index in [4.69, 9.17) is 29.3 Å². The van der Waals surface area contributed by atoms with Crippen molar-refractivity contribution in [2.24, 2.45) is 7.05 Å². The van der Waals surface area contributed by atoms with Crippen molar-refractivity contribution in [3.8, 4) is 0 Å². The maximum absolute atomic E-state index is 10.6. The molecule has 3 rings (SSSR count). The molecule has 1 spiro atoms. The Labute approximate surface area is 203 Å². The molecule has 1 aromatic heterocycles. The zero-order valence-corrected chi connectivity index (χ0v) is 20.0. The third-order valence-electron chi connectivity index (χ3n) is 5.09. The van der Waals surface area contributed by atoms with E-state index in [0.717, 1.165) is 45.9 Å². The molecule has 3 heterocycles. The number of hydrogen-bond acceptors (Lipinski definition) is 7. The van der Waals surface area contributed by atoms with Gasteiger partial charge in [-0.15, -0.1) is 0 Å². The largest absolute Gasteiger partial charge is 0.490 e. The minimum atomic E-state index is -5.08. The number of carbonyl (C=O) groups is 2. The molecule has 2 aliphatic heterocycles. The molecule has 0 saturated carbocycles. The second-order valence-electron chi connectivity index (χ2n) is 8.49. The normalized spacial score (nSPS) is 21.7. The molecular weight excluding hydrogens is 506 g/mol. The molecule has 0 aromatic carbocycles. The number of aryl methyl sites for hydroxylation is 1. The van der Waals surface area contributed by atoms with Gasteiger partial charge in [0.05, 0.1) is 26.0 Å². The average molecular weight is 536 g/mol. The molecule has 2 aliphatic rings. The molecule has 1 atom stereocenters. The number of hydrogen-bond donors (Lipinski definition) is 2. The van der Waals surface area contributed by atoms with Crippen LogP contribution in [0.2, 0.25) is 0 Å². The van der Waals surface area contributed by atoms with E-state index in [-0.39, 0.29) is 5.60 Å². The number of halogens is 6. The highest BCUT2D eigenvalue weighted by Gasteiger charge is 2.41. The fourth-order valence-corrected chi connectivity index (χ4v) is 3.43. The van der Waals surface area contributed by atoms with Crippen LogP contribution in [0.5, 0.6) is 0 Å². The minimum absolute atomic E-state index is 0.193. The molecule has 0 aliphatic carbocycles. The molecule has 1 aromatic rings. The number of rotatable bonds is 3. The summed E-state index contributed by atoms with van der Waals surface area (Å²) in [6.07, 6.45) is -6.13. The van der Waals surface area contributed by atoms with Crippen LogP contribution in [0.15, 0.2) is 12.4 Å². The number of carboxylic acid groups (broad SMARTS) is 2. The van der Waals surface area contributed by atoms with Gasteiger partial charge in [0.25, 0.3) is 0 Å². The van der Waals surface area contributed by atoms with Crippen molar-refractivity contribution >= 4 is 11.9 Å². The summed E-state index contributed by atoms with van der Waals surface area (Å²) in [5, 5.41) is 18.5. The van der Waals surface area contributed by atoms with Gasteiger partial charge in [0.1, 0.15) is 5.60 Å². The van der Waals surface area contributed by atoms with Gasteiger partial charge in [0.2, 0.25) is 0 Å². The lowest BCUT2D eigenvalue weighted by Gasteiger charge is -2.44. The van der Waals surface area contributed by atoms with Crippen LogP contribution in [0, 0.1) is 0 Å². The van der Waals surface area contributed by atoms with E-state index in [2.05, 4.69) is 34.9 Å². The van der Waals surface area contributed by atoms with Crippen LogP contribution >= 0.6 is 0 Å². The Bertz CT molecular complexity index is 823. The number of aliphatic carboxylic acids is 2. The first-order chi connectivity index (χ1) is 16.4. The van der Waals surface area contributed by atoms with Gasteiger partial charge in [-0.3, -0.25) is 14.5 Å². The lowest BCUT2D eigenvalue weighted by molar-refractivity contribution is -0.193. The zero-order chi connectivity index (χ0) is 27.7. The summed E-state index contributed by atoms with van der Waals surface area (Å²) in [6.45, 7) is 11.5. The van der Waals surface area contributed by atoms with Crippen molar-refractivity contribution in [3.05, 3.63) is 18.0 Å². The average Bonchev–Trinajstić information content (AvgIpc) is 3.03. The first kappa shape index (κ1) is 31.6. The van der Waals surface area contributed by atoms with E-state index >= 15 is 0 Å². The molecule has 16 heteroatoms. The lowest BCUT2D eigenvalue weighted by Crippen LogP contribution is -2.59. The van der Waals surface area contributed by atoms with Gasteiger partial charge in [-0.25, -0.2) is 9.59 Å². The molecule has 0 radical (unpaired) electrons. The number of morpholine rings is 1. The summed E-state index contributed by atoms with van der Waals surface area (Å²) >= 11 is 0. The SMILES string of the molecule is CC(C)N1CCOCC2(CN(Cc3cnn(C)c3)CCO2)C1.O=C(O)C(F)(F)F.O=C(O)C(F)(F)F. The van der Waals surface area contributed by atoms with E-state index in [1.807, 2.05) is 17.9 Å². The van der Waals surface area contributed by atoms with Gasteiger partial charge in [-0.2, -0.15) is 31.4 Å². The Morgan fingerprint density at radius 1 is 1.06 bits per heavy atom. The molecule has 208 valence electrons. The summed E-state index contributed by atoms with van der Waals surface area (Å²) in [4.78, 5) is 22.7. The van der Waals surface area contributed by atoms with Crippen LogP contribution in [-0.4, -0.2) is 112 Å². The van der Waals surface area contributed by atoms with Crippen molar-refractivity contribution in [1.29, 1.82) is 0 Å². The number of aromatic nitrogens is 2. The third-order valence-corrected chi connectivity index (χ3v) is 5.09. The van der Waals surface area contributed by atoms with Crippen LogP contribution < -0.4 is 0 Å². The Balaban J connectivity index is 0.000000383. The van der Waals surface area contributed by atoms with Crippen molar-refractivity contribution < 1.29 is 55.6 Å². The topological polar surface area (TPSA) is 117 Å². The summed E-state index contributed by atoms with van der Waals surface area (Å²) in [7, 11) is 1.96. The smallest absolute Gasteiger partial charge is 0.475 e. The van der Waals surface area contributed by atoms with Gasteiger partial charge in [-0.1, -0.05) is 0 Å². The van der Waals surface area contributed by atoms with Crippen molar-refractivity contribution in [1.82, 2.24) is 19.6 Å². The monoisotopic (exact) mass is 536 g/mol. The summed E-state index contributed by atoms with van der Waals surface area (Å²) in [6, 6.07) is 0.524. The van der Waals surface area contributed by atoms with Gasteiger partial charge in [-0.05, 0) is 13.8 Å². The molecule has 10 nitrogen and oxygen atoms in total. The van der Waals surface area contributed by atoms with E-state index in [0.29, 0.717) is 12.6 Å². The van der Waals surface area contributed by atoms with Gasteiger partial charge in [0, 0.05) is 57.6 Å². The maximum Gasteiger partial charge on any atom is 0.490 e. The van der Waals surface area contributed by atoms with Crippen LogP contribution in [0.25, 0.3) is 0 Å². The predicted molar refractivity (Wildman–Crippen MR) is 112 cm³/mol. The number of alkyl halides is 6. The van der Waals surface area contributed by atoms with Crippen LogP contribution in [0.1, 0.15) is 19.4 Å². The standard InChI is InChI=1S/C16H28N4O2.2C2HF3O2/c1-14(2)20-5-6-21-13-16(12-20)11-19(4-7-22-16)10-15-8-17-18(3)9-15;2*3-2(4,5)1(6)7/h8-9,14H,4-7,10-13H2,1-3H3;2*(H,6,7). The Morgan fingerprint density at radius 2 is 1.61 bits per heavy atom. The first-order valence-corrected chi connectivity index (χ1v) is 10.7. The highest BCUT2D eigenvalue weighted by Crippen LogP contribution is 2.24. The van der Waals surface area contributed by atoms with Crippen LogP contribution in [0.3, 0.4) is 0 Å². The molecule has 2 saturated heterocycles. The molecule has 2 fully saturated rings. The molecule has 2 N–H and O–H groups in total. The van der Waals surface area contributed by atoms with E-state index in [9.17, 15) is 26.3 Å². The second-order valence-corrected chi connectivity index (χ2v) is 8.49. The van der Waals surface area contributed by atoms with E-state index in [1.54, 1.807) is 0 Å². The van der Waals surface area contributed by atoms with Crippen molar-refractivity contribution in [2.45, 2.75) is 44.4 Å². The first-order valence-electron chi connectivity index (χ1n) is 10.7. The van der Waals surface area contributed by atoms with Gasteiger partial charge in [0.15, 0.2) is 0 Å². The van der Waals surface area contributed by atoms with Crippen LogP contribution in [0.4, 0.5) is 26.3 Å². The van der Waals surface area contributed by atoms with E-state index in [1.165, 1.54) is 5.56 Å². The third kappa shape index (κ3) is 11.1. The fraction of sp³-hybridized carbons (Fsp3) is 0.750. The van der Waals surface area contributed by atoms with Crippen molar-refractivity contribution in [2.75, 3.05) is 46.0 Å². The molecular formula is C20H30F6N4O6. The quantitative estimate of drug-likeness (QED) is 0.560. The number of carboxylic acids is 2. The van der Waals surface area contributed by atoms with Crippen molar-refractivity contribution in [3.63, 3.8) is 0 Å². The Hall–Kier alpha value is -2.43. The molecule has 0 amide bonds. The molecule has 0 bridgehead atoms. The lowest BCUT2D eigenvalue weighted by atomic mass is 10.0. The van der Waals surface area contributed by atoms with Gasteiger partial charge >= 0.3 is 24.3 Å². The summed E-state index contributed by atoms with van der Waals surface area (Å²) in [5.41, 5.74) is 1.07. The second kappa shape index (κ2) is 13.2.